The third kappa shape index (κ3) is 4.77. The fourth-order valence-corrected chi connectivity index (χ4v) is 3.31. The predicted octanol–water partition coefficient (Wildman–Crippen LogP) is 3.16. The molecule has 2 amide bonds. The van der Waals surface area contributed by atoms with Crippen molar-refractivity contribution in [1.82, 2.24) is 24.6 Å². The average molecular weight is 410 g/mol. The Morgan fingerprint density at radius 3 is 2.67 bits per heavy atom. The van der Waals surface area contributed by atoms with Crippen molar-refractivity contribution in [3.8, 4) is 11.3 Å². The van der Waals surface area contributed by atoms with Gasteiger partial charge < -0.3 is 20.9 Å². The number of hydrogen-bond acceptors (Lipinski definition) is 5. The molecule has 0 aliphatic carbocycles. The topological polar surface area (TPSA) is 92.3 Å². The van der Waals surface area contributed by atoms with Crippen LogP contribution in [-0.4, -0.2) is 64.8 Å². The van der Waals surface area contributed by atoms with Crippen molar-refractivity contribution in [3.05, 3.63) is 42.1 Å². The van der Waals surface area contributed by atoms with E-state index in [1.807, 2.05) is 22.9 Å². The second-order valence-corrected chi connectivity index (χ2v) is 8.03. The van der Waals surface area contributed by atoms with Gasteiger partial charge in [0.15, 0.2) is 5.65 Å². The minimum atomic E-state index is -0.192. The van der Waals surface area contributed by atoms with Crippen LogP contribution >= 0.6 is 0 Å². The van der Waals surface area contributed by atoms with Gasteiger partial charge in [-0.1, -0.05) is 18.2 Å². The molecule has 0 atom stereocenters. The second-order valence-electron chi connectivity index (χ2n) is 8.03. The summed E-state index contributed by atoms with van der Waals surface area (Å²) >= 11 is 0. The third-order valence-electron chi connectivity index (χ3n) is 4.89. The average Bonchev–Trinajstić information content (AvgIpc) is 3.12. The van der Waals surface area contributed by atoms with Crippen molar-refractivity contribution in [2.45, 2.75) is 26.4 Å². The number of amides is 2. The van der Waals surface area contributed by atoms with E-state index in [1.165, 1.54) is 10.5 Å². The highest BCUT2D eigenvalue weighted by atomic mass is 16.2. The van der Waals surface area contributed by atoms with E-state index in [4.69, 9.17) is 10.7 Å². The molecule has 3 aromatic rings. The Balaban J connectivity index is 2.07. The smallest absolute Gasteiger partial charge is 0.321 e. The molecule has 1 aromatic carbocycles. The Morgan fingerprint density at radius 1 is 1.23 bits per heavy atom. The molecule has 3 rings (SSSR count). The number of carbonyl (C=O) groups is 1. The number of aromatic nitrogens is 3. The molecule has 0 aliphatic heterocycles. The summed E-state index contributed by atoms with van der Waals surface area (Å²) in [5.74, 6) is 0. The standard InChI is InChI=1S/C22H31N7O/c1-15(2)29-21-18(13-24-29)20(26-22(30)27(3)4)12-19(25-21)17-8-6-7-16(11-17)14-28(5)10-9-23/h6-8,11-13,15H,9-10,14,23H2,1-5H3,(H,25,26,30). The summed E-state index contributed by atoms with van der Waals surface area (Å²) in [6, 6.07) is 10.2. The lowest BCUT2D eigenvalue weighted by molar-refractivity contribution is 0.231. The number of benzene rings is 1. The lowest BCUT2D eigenvalue weighted by Gasteiger charge is -2.17. The van der Waals surface area contributed by atoms with Crippen molar-refractivity contribution in [2.75, 3.05) is 39.5 Å². The highest BCUT2D eigenvalue weighted by Crippen LogP contribution is 2.30. The number of likely N-dealkylation sites (N-methyl/N-ethyl adjacent to an activating group) is 1. The van der Waals surface area contributed by atoms with Crippen LogP contribution in [0.4, 0.5) is 10.5 Å². The van der Waals surface area contributed by atoms with Gasteiger partial charge in [-0.2, -0.15) is 5.10 Å². The van der Waals surface area contributed by atoms with Crippen molar-refractivity contribution in [3.63, 3.8) is 0 Å². The highest BCUT2D eigenvalue weighted by molar-refractivity contribution is 6.00. The first-order valence-electron chi connectivity index (χ1n) is 10.1. The fourth-order valence-electron chi connectivity index (χ4n) is 3.31. The van der Waals surface area contributed by atoms with E-state index in [2.05, 4.69) is 48.3 Å². The van der Waals surface area contributed by atoms with Crippen molar-refractivity contribution in [1.29, 1.82) is 0 Å². The fraction of sp³-hybridized carbons (Fsp3) is 0.409. The Morgan fingerprint density at radius 2 is 2.00 bits per heavy atom. The molecule has 160 valence electrons. The van der Waals surface area contributed by atoms with Crippen LogP contribution in [0.25, 0.3) is 22.3 Å². The molecule has 0 aliphatic rings. The van der Waals surface area contributed by atoms with E-state index >= 15 is 0 Å². The molecular weight excluding hydrogens is 378 g/mol. The zero-order chi connectivity index (χ0) is 21.8. The maximum Gasteiger partial charge on any atom is 0.321 e. The SMILES string of the molecule is CC(C)n1ncc2c(NC(=O)N(C)C)cc(-c3cccc(CN(C)CCN)c3)nc21. The number of urea groups is 1. The number of nitrogens with one attached hydrogen (secondary N) is 1. The molecule has 0 spiro atoms. The van der Waals surface area contributed by atoms with Crippen LogP contribution in [0.15, 0.2) is 36.5 Å². The van der Waals surface area contributed by atoms with Crippen molar-refractivity contribution < 1.29 is 4.79 Å². The highest BCUT2D eigenvalue weighted by Gasteiger charge is 2.16. The maximum atomic E-state index is 12.3. The monoisotopic (exact) mass is 409 g/mol. The first-order valence-corrected chi connectivity index (χ1v) is 10.1. The summed E-state index contributed by atoms with van der Waals surface area (Å²) in [4.78, 5) is 20.9. The number of fused-ring (bicyclic) bond motifs is 1. The first-order chi connectivity index (χ1) is 14.3. The molecule has 0 unspecified atom stereocenters. The van der Waals surface area contributed by atoms with Gasteiger partial charge >= 0.3 is 6.03 Å². The number of anilines is 1. The minimum absolute atomic E-state index is 0.152. The van der Waals surface area contributed by atoms with Crippen LogP contribution in [-0.2, 0) is 6.54 Å². The zero-order valence-corrected chi connectivity index (χ0v) is 18.4. The summed E-state index contributed by atoms with van der Waals surface area (Å²) in [5.41, 5.74) is 10.1. The molecule has 3 N–H and O–H groups in total. The molecule has 0 saturated carbocycles. The predicted molar refractivity (Wildman–Crippen MR) is 121 cm³/mol. The van der Waals surface area contributed by atoms with Crippen LogP contribution in [0.5, 0.6) is 0 Å². The summed E-state index contributed by atoms with van der Waals surface area (Å²) in [5, 5.41) is 8.29. The van der Waals surface area contributed by atoms with Gasteiger partial charge in [0.05, 0.1) is 23.0 Å². The summed E-state index contributed by atoms with van der Waals surface area (Å²) in [7, 11) is 5.49. The normalized spacial score (nSPS) is 11.5. The zero-order valence-electron chi connectivity index (χ0n) is 18.4. The lowest BCUT2D eigenvalue weighted by atomic mass is 10.1. The lowest BCUT2D eigenvalue weighted by Crippen LogP contribution is -2.27. The van der Waals surface area contributed by atoms with Gasteiger partial charge in [0.1, 0.15) is 0 Å². The van der Waals surface area contributed by atoms with Crippen LogP contribution in [0.2, 0.25) is 0 Å². The molecule has 0 saturated heterocycles. The Kier molecular flexibility index (Phi) is 6.69. The molecule has 2 heterocycles. The molecule has 2 aromatic heterocycles. The van der Waals surface area contributed by atoms with E-state index in [1.54, 1.807) is 20.3 Å². The Hall–Kier alpha value is -2.97. The molecule has 0 radical (unpaired) electrons. The van der Waals surface area contributed by atoms with E-state index < -0.39 is 0 Å². The summed E-state index contributed by atoms with van der Waals surface area (Å²) < 4.78 is 1.88. The number of rotatable bonds is 7. The van der Waals surface area contributed by atoms with Gasteiger partial charge in [0.25, 0.3) is 0 Å². The molecule has 0 fully saturated rings. The largest absolute Gasteiger partial charge is 0.331 e. The summed E-state index contributed by atoms with van der Waals surface area (Å²) in [6.45, 7) is 6.40. The van der Waals surface area contributed by atoms with Gasteiger partial charge in [-0.25, -0.2) is 14.5 Å². The van der Waals surface area contributed by atoms with E-state index in [-0.39, 0.29) is 12.1 Å². The van der Waals surface area contributed by atoms with Gasteiger partial charge in [-0.3, -0.25) is 0 Å². The molecule has 30 heavy (non-hydrogen) atoms. The first kappa shape index (κ1) is 21.7. The molecular formula is C22H31N7O. The van der Waals surface area contributed by atoms with Crippen LogP contribution in [0.3, 0.4) is 0 Å². The number of nitrogens with zero attached hydrogens (tertiary/aromatic N) is 5. The Bertz CT molecular complexity index is 1030. The number of carbonyl (C=O) groups excluding carboxylic acids is 1. The van der Waals surface area contributed by atoms with Gasteiger partial charge in [0, 0.05) is 45.3 Å². The quantitative estimate of drug-likeness (QED) is 0.625. The van der Waals surface area contributed by atoms with Crippen LogP contribution < -0.4 is 11.1 Å². The van der Waals surface area contributed by atoms with Crippen LogP contribution in [0.1, 0.15) is 25.5 Å². The molecule has 0 bridgehead atoms. The second kappa shape index (κ2) is 9.23. The van der Waals surface area contributed by atoms with Crippen molar-refractivity contribution in [2.24, 2.45) is 5.73 Å². The van der Waals surface area contributed by atoms with Gasteiger partial charge in [-0.05, 0) is 38.6 Å². The minimum Gasteiger partial charge on any atom is -0.331 e. The van der Waals surface area contributed by atoms with Crippen molar-refractivity contribution >= 4 is 22.8 Å². The summed E-state index contributed by atoms with van der Waals surface area (Å²) in [6.07, 6.45) is 1.76. The van der Waals surface area contributed by atoms with Gasteiger partial charge in [-0.15, -0.1) is 0 Å². The molecule has 8 nitrogen and oxygen atoms in total. The molecule has 8 heteroatoms. The Labute approximate surface area is 177 Å². The van der Waals surface area contributed by atoms with Crippen LogP contribution in [0, 0.1) is 0 Å². The maximum absolute atomic E-state index is 12.3. The van der Waals surface area contributed by atoms with E-state index in [9.17, 15) is 4.79 Å². The van der Waals surface area contributed by atoms with Gasteiger partial charge in [0.2, 0.25) is 0 Å². The number of nitrogens with two attached hydrogens (primary N) is 1. The number of pyridine rings is 1. The number of hydrogen-bond donors (Lipinski definition) is 2. The van der Waals surface area contributed by atoms with E-state index in [0.29, 0.717) is 12.2 Å². The third-order valence-corrected chi connectivity index (χ3v) is 4.89. The van der Waals surface area contributed by atoms with E-state index in [0.717, 1.165) is 35.4 Å².